The molecule has 0 bridgehead atoms. The fourth-order valence-electron chi connectivity index (χ4n) is 2.27. The number of nitrogens with one attached hydrogen (secondary N) is 3. The van der Waals surface area contributed by atoms with E-state index < -0.39 is 5.91 Å². The molecule has 3 aromatic rings. The minimum Gasteiger partial charge on any atom is -0.481 e. The molecule has 0 unspecified atom stereocenters. The van der Waals surface area contributed by atoms with E-state index in [0.717, 1.165) is 0 Å². The zero-order chi connectivity index (χ0) is 19.1. The zero-order valence-corrected chi connectivity index (χ0v) is 14.5. The topological polar surface area (TPSA) is 105 Å². The number of benzene rings is 2. The fourth-order valence-corrected chi connectivity index (χ4v) is 2.27. The van der Waals surface area contributed by atoms with Crippen LogP contribution in [-0.2, 0) is 0 Å². The molecule has 3 N–H and O–H groups in total. The van der Waals surface area contributed by atoms with Crippen molar-refractivity contribution in [1.82, 2.24) is 15.4 Å². The molecule has 1 aromatic heterocycles. The van der Waals surface area contributed by atoms with Crippen LogP contribution >= 0.6 is 0 Å². The summed E-state index contributed by atoms with van der Waals surface area (Å²) >= 11 is 0. The van der Waals surface area contributed by atoms with Gasteiger partial charge in [0, 0.05) is 17.8 Å². The van der Waals surface area contributed by atoms with E-state index in [1.165, 1.54) is 13.3 Å². The van der Waals surface area contributed by atoms with Crippen LogP contribution < -0.4 is 20.9 Å². The standard InChI is InChI=1S/C19H17N5O3/c1-27-16-11-12-20-19(22-16)24-23-18(26)14-9-5-6-10-15(14)21-17(25)13-7-3-2-4-8-13/h2-12H,1H3,(H,21,25)(H,23,26)(H,20,22,24). The predicted octanol–water partition coefficient (Wildman–Crippen LogP) is 2.49. The summed E-state index contributed by atoms with van der Waals surface area (Å²) < 4.78 is 5.00. The third-order valence-corrected chi connectivity index (χ3v) is 3.58. The molecule has 0 saturated heterocycles. The Morgan fingerprint density at radius 1 is 0.926 bits per heavy atom. The van der Waals surface area contributed by atoms with Crippen LogP contribution in [0.1, 0.15) is 20.7 Å². The molecule has 8 heteroatoms. The Labute approximate surface area is 155 Å². The van der Waals surface area contributed by atoms with Crippen LogP contribution in [0.3, 0.4) is 0 Å². The number of hydrogen-bond donors (Lipinski definition) is 3. The van der Waals surface area contributed by atoms with E-state index in [-0.39, 0.29) is 17.4 Å². The molecule has 0 saturated carbocycles. The average Bonchev–Trinajstić information content (AvgIpc) is 2.73. The van der Waals surface area contributed by atoms with Crippen molar-refractivity contribution in [3.05, 3.63) is 78.0 Å². The predicted molar refractivity (Wildman–Crippen MR) is 101 cm³/mol. The largest absolute Gasteiger partial charge is 0.481 e. The van der Waals surface area contributed by atoms with Gasteiger partial charge >= 0.3 is 0 Å². The Morgan fingerprint density at radius 3 is 2.44 bits per heavy atom. The molecule has 0 spiro atoms. The van der Waals surface area contributed by atoms with Gasteiger partial charge < -0.3 is 10.1 Å². The molecule has 8 nitrogen and oxygen atoms in total. The fraction of sp³-hybridized carbons (Fsp3) is 0.0526. The van der Waals surface area contributed by atoms with Crippen molar-refractivity contribution in [2.45, 2.75) is 0 Å². The number of para-hydroxylation sites is 1. The van der Waals surface area contributed by atoms with Crippen LogP contribution in [-0.4, -0.2) is 28.9 Å². The van der Waals surface area contributed by atoms with E-state index in [9.17, 15) is 9.59 Å². The minimum atomic E-state index is -0.453. The molecule has 0 atom stereocenters. The van der Waals surface area contributed by atoms with Crippen molar-refractivity contribution in [1.29, 1.82) is 0 Å². The first-order valence-corrected chi connectivity index (χ1v) is 8.06. The lowest BCUT2D eigenvalue weighted by molar-refractivity contribution is 0.0963. The summed E-state index contributed by atoms with van der Waals surface area (Å²) in [6.45, 7) is 0. The Bertz CT molecular complexity index is 947. The number of anilines is 2. The first-order valence-electron chi connectivity index (χ1n) is 8.06. The summed E-state index contributed by atoms with van der Waals surface area (Å²) in [5.74, 6) is -0.226. The van der Waals surface area contributed by atoms with E-state index >= 15 is 0 Å². The van der Waals surface area contributed by atoms with Gasteiger partial charge in [0.2, 0.25) is 11.8 Å². The third kappa shape index (κ3) is 4.57. The highest BCUT2D eigenvalue weighted by Crippen LogP contribution is 2.16. The average molecular weight is 363 g/mol. The van der Waals surface area contributed by atoms with Gasteiger partial charge in [0.05, 0.1) is 18.4 Å². The van der Waals surface area contributed by atoms with Crippen LogP contribution in [0, 0.1) is 0 Å². The highest BCUT2D eigenvalue weighted by Gasteiger charge is 2.14. The number of hydrazine groups is 1. The molecule has 0 radical (unpaired) electrons. The van der Waals surface area contributed by atoms with Gasteiger partial charge in [0.15, 0.2) is 0 Å². The van der Waals surface area contributed by atoms with Crippen molar-refractivity contribution in [2.24, 2.45) is 0 Å². The Hall–Kier alpha value is -3.94. The van der Waals surface area contributed by atoms with Crippen LogP contribution in [0.25, 0.3) is 0 Å². The van der Waals surface area contributed by atoms with Crippen LogP contribution in [0.15, 0.2) is 66.9 Å². The number of ether oxygens (including phenoxy) is 1. The lowest BCUT2D eigenvalue weighted by Gasteiger charge is -2.12. The van der Waals surface area contributed by atoms with Crippen LogP contribution in [0.2, 0.25) is 0 Å². The van der Waals surface area contributed by atoms with Crippen molar-refractivity contribution < 1.29 is 14.3 Å². The summed E-state index contributed by atoms with van der Waals surface area (Å²) in [6.07, 6.45) is 1.49. The molecular formula is C19H17N5O3. The molecule has 1 heterocycles. The maximum absolute atomic E-state index is 12.5. The quantitative estimate of drug-likeness (QED) is 0.581. The van der Waals surface area contributed by atoms with Gasteiger partial charge in [-0.05, 0) is 24.3 Å². The lowest BCUT2D eigenvalue weighted by Crippen LogP contribution is -2.31. The SMILES string of the molecule is COc1ccnc(NNC(=O)c2ccccc2NC(=O)c2ccccc2)n1. The van der Waals surface area contributed by atoms with E-state index in [1.807, 2.05) is 6.07 Å². The van der Waals surface area contributed by atoms with E-state index in [0.29, 0.717) is 17.1 Å². The summed E-state index contributed by atoms with van der Waals surface area (Å²) in [7, 11) is 1.48. The smallest absolute Gasteiger partial charge is 0.271 e. The van der Waals surface area contributed by atoms with Crippen molar-refractivity contribution in [3.63, 3.8) is 0 Å². The summed E-state index contributed by atoms with van der Waals surface area (Å²) in [4.78, 5) is 32.9. The number of rotatable bonds is 6. The number of carbonyl (C=O) groups excluding carboxylic acids is 2. The Kier molecular flexibility index (Phi) is 5.58. The zero-order valence-electron chi connectivity index (χ0n) is 14.5. The molecule has 136 valence electrons. The van der Waals surface area contributed by atoms with Crippen LogP contribution in [0.4, 0.5) is 11.6 Å². The highest BCUT2D eigenvalue weighted by molar-refractivity contribution is 6.09. The number of amides is 2. The number of nitrogens with zero attached hydrogens (tertiary/aromatic N) is 2. The van der Waals surface area contributed by atoms with Crippen molar-refractivity contribution in [3.8, 4) is 5.88 Å². The molecule has 3 rings (SSSR count). The summed E-state index contributed by atoms with van der Waals surface area (Å²) in [5, 5.41) is 2.75. The molecular weight excluding hydrogens is 346 g/mol. The number of methoxy groups -OCH3 is 1. The Balaban J connectivity index is 1.71. The van der Waals surface area contributed by atoms with Crippen LogP contribution in [0.5, 0.6) is 5.88 Å². The minimum absolute atomic E-state index is 0.175. The van der Waals surface area contributed by atoms with E-state index in [2.05, 4.69) is 26.1 Å². The lowest BCUT2D eigenvalue weighted by atomic mass is 10.1. The molecule has 0 fully saturated rings. The maximum atomic E-state index is 12.5. The van der Waals surface area contributed by atoms with E-state index in [4.69, 9.17) is 4.74 Å². The second kappa shape index (κ2) is 8.43. The first kappa shape index (κ1) is 17.9. The van der Waals surface area contributed by atoms with Gasteiger partial charge in [-0.25, -0.2) is 4.98 Å². The third-order valence-electron chi connectivity index (χ3n) is 3.58. The maximum Gasteiger partial charge on any atom is 0.271 e. The van der Waals surface area contributed by atoms with Crippen molar-refractivity contribution in [2.75, 3.05) is 17.9 Å². The Morgan fingerprint density at radius 2 is 1.67 bits per heavy atom. The van der Waals surface area contributed by atoms with Gasteiger partial charge in [0.1, 0.15) is 0 Å². The molecule has 0 aliphatic carbocycles. The number of aromatic nitrogens is 2. The first-order chi connectivity index (χ1) is 13.2. The second-order valence-electron chi connectivity index (χ2n) is 5.37. The van der Waals surface area contributed by atoms with Gasteiger partial charge in [-0.1, -0.05) is 30.3 Å². The summed E-state index contributed by atoms with van der Waals surface area (Å²) in [5.41, 5.74) is 6.29. The normalized spacial score (nSPS) is 9.96. The number of hydrogen-bond acceptors (Lipinski definition) is 6. The number of carbonyl (C=O) groups is 2. The van der Waals surface area contributed by atoms with Gasteiger partial charge in [0.25, 0.3) is 11.8 Å². The molecule has 0 aliphatic rings. The molecule has 2 amide bonds. The van der Waals surface area contributed by atoms with Crippen molar-refractivity contribution >= 4 is 23.5 Å². The monoisotopic (exact) mass is 363 g/mol. The van der Waals surface area contributed by atoms with Gasteiger partial charge in [-0.15, -0.1) is 0 Å². The molecule has 0 aliphatic heterocycles. The second-order valence-corrected chi connectivity index (χ2v) is 5.37. The summed E-state index contributed by atoms with van der Waals surface area (Å²) in [6, 6.07) is 17.0. The highest BCUT2D eigenvalue weighted by atomic mass is 16.5. The van der Waals surface area contributed by atoms with Gasteiger partial charge in [-0.2, -0.15) is 4.98 Å². The van der Waals surface area contributed by atoms with E-state index in [1.54, 1.807) is 54.6 Å². The molecule has 2 aromatic carbocycles. The molecule has 27 heavy (non-hydrogen) atoms. The van der Waals surface area contributed by atoms with Gasteiger partial charge in [-0.3, -0.25) is 20.4 Å².